The molecule has 0 fully saturated rings. The van der Waals surface area contributed by atoms with E-state index in [-0.39, 0.29) is 0 Å². The highest BCUT2D eigenvalue weighted by Crippen LogP contribution is 2.28. The molecule has 0 aliphatic carbocycles. The van der Waals surface area contributed by atoms with E-state index in [1.807, 2.05) is 6.07 Å². The molecule has 19 heavy (non-hydrogen) atoms. The first kappa shape index (κ1) is 12.0. The Bertz CT molecular complexity index is 738. The van der Waals surface area contributed by atoms with Crippen molar-refractivity contribution >= 4 is 5.52 Å². The maximum absolute atomic E-state index is 5.95. The number of aromatic nitrogens is 1. The second-order valence-corrected chi connectivity index (χ2v) is 5.00. The van der Waals surface area contributed by atoms with Gasteiger partial charge >= 0.3 is 0 Å². The third-order valence-corrected chi connectivity index (χ3v) is 3.80. The molecule has 0 aliphatic heterocycles. The molecule has 3 aromatic rings. The molecule has 0 spiro atoms. The fraction of sp³-hybridized carbons (Fsp3) is 0.176. The van der Waals surface area contributed by atoms with Crippen LogP contribution in [0, 0.1) is 13.8 Å². The van der Waals surface area contributed by atoms with Gasteiger partial charge in [-0.05, 0) is 48.7 Å². The average Bonchev–Trinajstić information content (AvgIpc) is 2.80. The fourth-order valence-electron chi connectivity index (χ4n) is 2.55. The Morgan fingerprint density at radius 3 is 2.58 bits per heavy atom. The molecular formula is C17H18N2. The van der Waals surface area contributed by atoms with Crippen LogP contribution in [-0.2, 0) is 6.54 Å². The fourth-order valence-corrected chi connectivity index (χ4v) is 2.55. The minimum atomic E-state index is 0.542. The number of hydrogen-bond donors (Lipinski definition) is 1. The third kappa shape index (κ3) is 1.94. The van der Waals surface area contributed by atoms with E-state index in [4.69, 9.17) is 5.73 Å². The topological polar surface area (TPSA) is 30.4 Å². The maximum atomic E-state index is 5.95. The quantitative estimate of drug-likeness (QED) is 0.739. The highest BCUT2D eigenvalue weighted by Gasteiger charge is 2.10. The summed E-state index contributed by atoms with van der Waals surface area (Å²) >= 11 is 0. The summed E-state index contributed by atoms with van der Waals surface area (Å²) in [5.41, 5.74) is 13.4. The van der Waals surface area contributed by atoms with Gasteiger partial charge in [0.2, 0.25) is 0 Å². The first-order valence-corrected chi connectivity index (χ1v) is 6.57. The Labute approximate surface area is 113 Å². The molecule has 2 heterocycles. The van der Waals surface area contributed by atoms with E-state index in [1.165, 1.54) is 33.5 Å². The molecule has 2 aromatic heterocycles. The SMILES string of the molecule is Cc1ccc(-c2cc3ccccn3c2CN)cc1C. The highest BCUT2D eigenvalue weighted by atomic mass is 14.9. The lowest BCUT2D eigenvalue weighted by Crippen LogP contribution is -2.02. The summed E-state index contributed by atoms with van der Waals surface area (Å²) in [5.74, 6) is 0. The number of aryl methyl sites for hydroxylation is 2. The average molecular weight is 250 g/mol. The van der Waals surface area contributed by atoms with Crippen LogP contribution >= 0.6 is 0 Å². The molecule has 3 rings (SSSR count). The molecule has 0 amide bonds. The zero-order chi connectivity index (χ0) is 13.4. The van der Waals surface area contributed by atoms with Crippen LogP contribution < -0.4 is 5.73 Å². The Hall–Kier alpha value is -2.06. The number of rotatable bonds is 2. The Morgan fingerprint density at radius 1 is 1.00 bits per heavy atom. The number of nitrogens with zero attached hydrogens (tertiary/aromatic N) is 1. The number of pyridine rings is 1. The summed E-state index contributed by atoms with van der Waals surface area (Å²) in [4.78, 5) is 0. The van der Waals surface area contributed by atoms with Crippen molar-refractivity contribution in [1.82, 2.24) is 4.40 Å². The minimum Gasteiger partial charge on any atom is -0.325 e. The van der Waals surface area contributed by atoms with Crippen LogP contribution in [0.4, 0.5) is 0 Å². The first-order chi connectivity index (χ1) is 9.20. The highest BCUT2D eigenvalue weighted by molar-refractivity contribution is 5.74. The van der Waals surface area contributed by atoms with Crippen molar-refractivity contribution in [2.24, 2.45) is 5.73 Å². The number of benzene rings is 1. The second-order valence-electron chi connectivity index (χ2n) is 5.00. The Kier molecular flexibility index (Phi) is 2.88. The van der Waals surface area contributed by atoms with Crippen molar-refractivity contribution in [1.29, 1.82) is 0 Å². The van der Waals surface area contributed by atoms with Gasteiger partial charge in [0.15, 0.2) is 0 Å². The molecule has 96 valence electrons. The van der Waals surface area contributed by atoms with Crippen LogP contribution in [0.1, 0.15) is 16.8 Å². The van der Waals surface area contributed by atoms with Crippen LogP contribution in [0.2, 0.25) is 0 Å². The molecule has 0 atom stereocenters. The van der Waals surface area contributed by atoms with E-state index in [0.717, 1.165) is 0 Å². The minimum absolute atomic E-state index is 0.542. The maximum Gasteiger partial charge on any atom is 0.0459 e. The molecule has 0 saturated carbocycles. The van der Waals surface area contributed by atoms with E-state index in [0.29, 0.717) is 6.54 Å². The molecule has 0 bridgehead atoms. The van der Waals surface area contributed by atoms with Crippen LogP contribution in [0.3, 0.4) is 0 Å². The van der Waals surface area contributed by atoms with Crippen molar-refractivity contribution in [2.75, 3.05) is 0 Å². The van der Waals surface area contributed by atoms with Crippen LogP contribution in [-0.4, -0.2) is 4.40 Å². The lowest BCUT2D eigenvalue weighted by molar-refractivity contribution is 0.962. The largest absolute Gasteiger partial charge is 0.325 e. The summed E-state index contributed by atoms with van der Waals surface area (Å²) < 4.78 is 2.17. The van der Waals surface area contributed by atoms with E-state index < -0.39 is 0 Å². The molecule has 0 radical (unpaired) electrons. The van der Waals surface area contributed by atoms with Gasteiger partial charge in [0.1, 0.15) is 0 Å². The van der Waals surface area contributed by atoms with E-state index >= 15 is 0 Å². The first-order valence-electron chi connectivity index (χ1n) is 6.57. The lowest BCUT2D eigenvalue weighted by atomic mass is 10.0. The van der Waals surface area contributed by atoms with Gasteiger partial charge in [-0.1, -0.05) is 24.3 Å². The number of hydrogen-bond acceptors (Lipinski definition) is 1. The Morgan fingerprint density at radius 2 is 1.84 bits per heavy atom. The molecular weight excluding hydrogens is 232 g/mol. The molecule has 2 nitrogen and oxygen atoms in total. The second kappa shape index (κ2) is 4.56. The monoisotopic (exact) mass is 250 g/mol. The van der Waals surface area contributed by atoms with Crippen LogP contribution in [0.25, 0.3) is 16.6 Å². The summed E-state index contributed by atoms with van der Waals surface area (Å²) in [7, 11) is 0. The predicted molar refractivity (Wildman–Crippen MR) is 80.2 cm³/mol. The predicted octanol–water partition coefficient (Wildman–Crippen LogP) is 3.68. The van der Waals surface area contributed by atoms with E-state index in [1.54, 1.807) is 0 Å². The number of fused-ring (bicyclic) bond motifs is 1. The molecule has 0 saturated heterocycles. The van der Waals surface area contributed by atoms with Gasteiger partial charge in [0.05, 0.1) is 0 Å². The molecule has 0 unspecified atom stereocenters. The summed E-state index contributed by atoms with van der Waals surface area (Å²) in [6, 6.07) is 15.0. The Balaban J connectivity index is 2.26. The van der Waals surface area contributed by atoms with E-state index in [2.05, 4.69) is 60.8 Å². The molecule has 2 heteroatoms. The van der Waals surface area contributed by atoms with Gasteiger partial charge in [-0.25, -0.2) is 0 Å². The van der Waals surface area contributed by atoms with E-state index in [9.17, 15) is 0 Å². The summed E-state index contributed by atoms with van der Waals surface area (Å²) in [6.45, 7) is 4.83. The third-order valence-electron chi connectivity index (χ3n) is 3.80. The van der Waals surface area contributed by atoms with Gasteiger partial charge in [0.25, 0.3) is 0 Å². The summed E-state index contributed by atoms with van der Waals surface area (Å²) in [6.07, 6.45) is 2.07. The van der Waals surface area contributed by atoms with Gasteiger partial charge in [-0.2, -0.15) is 0 Å². The van der Waals surface area contributed by atoms with Crippen molar-refractivity contribution in [3.63, 3.8) is 0 Å². The van der Waals surface area contributed by atoms with Gasteiger partial charge < -0.3 is 10.1 Å². The van der Waals surface area contributed by atoms with Gasteiger partial charge in [-0.15, -0.1) is 0 Å². The van der Waals surface area contributed by atoms with Crippen molar-refractivity contribution in [3.8, 4) is 11.1 Å². The van der Waals surface area contributed by atoms with Crippen LogP contribution in [0.5, 0.6) is 0 Å². The van der Waals surface area contributed by atoms with Gasteiger partial charge in [0, 0.05) is 29.5 Å². The van der Waals surface area contributed by atoms with Crippen LogP contribution in [0.15, 0.2) is 48.7 Å². The van der Waals surface area contributed by atoms with Crippen molar-refractivity contribution in [3.05, 3.63) is 65.5 Å². The van der Waals surface area contributed by atoms with Crippen molar-refractivity contribution < 1.29 is 0 Å². The van der Waals surface area contributed by atoms with Crippen molar-refractivity contribution in [2.45, 2.75) is 20.4 Å². The molecule has 1 aromatic carbocycles. The zero-order valence-corrected chi connectivity index (χ0v) is 11.4. The standard InChI is InChI=1S/C17H18N2/c1-12-6-7-14(9-13(12)2)16-10-15-5-3-4-8-19(15)17(16)11-18/h3-10H,11,18H2,1-2H3. The molecule has 0 aliphatic rings. The lowest BCUT2D eigenvalue weighted by Gasteiger charge is -2.07. The summed E-state index contributed by atoms with van der Waals surface area (Å²) in [5, 5.41) is 0. The smallest absolute Gasteiger partial charge is 0.0459 e. The zero-order valence-electron chi connectivity index (χ0n) is 11.4. The van der Waals surface area contributed by atoms with Gasteiger partial charge in [-0.3, -0.25) is 0 Å². The molecule has 2 N–H and O–H groups in total. The normalized spacial score (nSPS) is 11.1. The number of nitrogens with two attached hydrogens (primary N) is 1.